The van der Waals surface area contributed by atoms with Gasteiger partial charge in [-0.3, -0.25) is 0 Å². The molecule has 3 heteroatoms. The molecule has 3 nitrogen and oxygen atoms in total. The van der Waals surface area contributed by atoms with E-state index in [2.05, 4.69) is 6.92 Å². The van der Waals surface area contributed by atoms with E-state index in [1.54, 1.807) is 12.1 Å². The first kappa shape index (κ1) is 24.0. The number of hydrogen-bond acceptors (Lipinski definition) is 2. The molecular formula is C27H38O3. The highest BCUT2D eigenvalue weighted by Gasteiger charge is 2.10. The Kier molecular flexibility index (Phi) is 11.7. The fourth-order valence-electron chi connectivity index (χ4n) is 3.79. The molecule has 0 unspecified atom stereocenters. The molecule has 0 heterocycles. The molecule has 0 aliphatic heterocycles. The number of aromatic carboxylic acids is 1. The van der Waals surface area contributed by atoms with Crippen LogP contribution in [0.5, 0.6) is 5.75 Å². The molecule has 2 aromatic carbocycles. The van der Waals surface area contributed by atoms with Gasteiger partial charge in [0.15, 0.2) is 0 Å². The number of rotatable bonds is 16. The summed E-state index contributed by atoms with van der Waals surface area (Å²) in [7, 11) is 0. The maximum atomic E-state index is 11.4. The van der Waals surface area contributed by atoms with Gasteiger partial charge in [-0.1, -0.05) is 108 Å². The monoisotopic (exact) mass is 410 g/mol. The van der Waals surface area contributed by atoms with Gasteiger partial charge in [0.25, 0.3) is 0 Å². The third kappa shape index (κ3) is 9.02. The number of carboxylic acids is 1. The summed E-state index contributed by atoms with van der Waals surface area (Å²) in [5, 5.41) is 9.34. The highest BCUT2D eigenvalue weighted by Crippen LogP contribution is 2.26. The lowest BCUT2D eigenvalue weighted by atomic mass is 10.00. The first-order valence-electron chi connectivity index (χ1n) is 11.8. The fraction of sp³-hybridized carbons (Fsp3) is 0.519. The Morgan fingerprint density at radius 2 is 1.27 bits per heavy atom. The molecule has 0 aromatic heterocycles. The van der Waals surface area contributed by atoms with Gasteiger partial charge in [0.05, 0.1) is 12.2 Å². The van der Waals surface area contributed by atoms with Crippen LogP contribution < -0.4 is 4.74 Å². The third-order valence-electron chi connectivity index (χ3n) is 5.59. The molecule has 0 radical (unpaired) electrons. The quantitative estimate of drug-likeness (QED) is 0.284. The Morgan fingerprint density at radius 3 is 1.83 bits per heavy atom. The summed E-state index contributed by atoms with van der Waals surface area (Å²) in [6, 6.07) is 14.8. The van der Waals surface area contributed by atoms with E-state index >= 15 is 0 Å². The van der Waals surface area contributed by atoms with Gasteiger partial charge in [-0.25, -0.2) is 4.79 Å². The van der Waals surface area contributed by atoms with Gasteiger partial charge in [0.2, 0.25) is 0 Å². The van der Waals surface area contributed by atoms with Crippen LogP contribution in [0, 0.1) is 0 Å². The molecule has 0 atom stereocenters. The molecular weight excluding hydrogens is 372 g/mol. The zero-order chi connectivity index (χ0) is 21.4. The summed E-state index contributed by atoms with van der Waals surface area (Å²) in [6.45, 7) is 3.01. The Morgan fingerprint density at radius 1 is 0.733 bits per heavy atom. The fourth-order valence-corrected chi connectivity index (χ4v) is 3.79. The van der Waals surface area contributed by atoms with E-state index in [0.717, 1.165) is 29.9 Å². The maximum Gasteiger partial charge on any atom is 0.336 e. The molecule has 0 amide bonds. The molecule has 0 aliphatic carbocycles. The second kappa shape index (κ2) is 14.7. The van der Waals surface area contributed by atoms with Gasteiger partial charge in [-0.15, -0.1) is 0 Å². The van der Waals surface area contributed by atoms with Crippen molar-refractivity contribution in [3.8, 4) is 16.9 Å². The summed E-state index contributed by atoms with van der Waals surface area (Å²) >= 11 is 0. The molecule has 2 rings (SSSR count). The topological polar surface area (TPSA) is 46.5 Å². The number of carbonyl (C=O) groups is 1. The predicted molar refractivity (Wildman–Crippen MR) is 125 cm³/mol. The van der Waals surface area contributed by atoms with E-state index in [0.29, 0.717) is 5.56 Å². The summed E-state index contributed by atoms with van der Waals surface area (Å²) in [5.74, 6) is -0.0625. The SMILES string of the molecule is CCCCCCCCCCCCCCOc1ccc(-c2ccccc2C(=O)O)cc1. The second-order valence-electron chi connectivity index (χ2n) is 8.11. The van der Waals surface area contributed by atoms with Crippen molar-refractivity contribution in [2.75, 3.05) is 6.61 Å². The van der Waals surface area contributed by atoms with Crippen LogP contribution in [0.4, 0.5) is 0 Å². The van der Waals surface area contributed by atoms with Crippen molar-refractivity contribution in [2.45, 2.75) is 84.0 Å². The third-order valence-corrected chi connectivity index (χ3v) is 5.59. The predicted octanol–water partition coefficient (Wildman–Crippen LogP) is 8.13. The second-order valence-corrected chi connectivity index (χ2v) is 8.11. The summed E-state index contributed by atoms with van der Waals surface area (Å²) in [6.07, 6.45) is 16.1. The lowest BCUT2D eigenvalue weighted by Gasteiger charge is -2.09. The van der Waals surface area contributed by atoms with E-state index in [1.807, 2.05) is 36.4 Å². The molecule has 30 heavy (non-hydrogen) atoms. The normalized spacial score (nSPS) is 10.8. The van der Waals surface area contributed by atoms with Crippen molar-refractivity contribution in [2.24, 2.45) is 0 Å². The molecule has 0 aliphatic rings. The minimum atomic E-state index is -0.905. The first-order valence-corrected chi connectivity index (χ1v) is 11.8. The van der Waals surface area contributed by atoms with E-state index < -0.39 is 5.97 Å². The molecule has 164 valence electrons. The van der Waals surface area contributed by atoms with E-state index in [9.17, 15) is 9.90 Å². The lowest BCUT2D eigenvalue weighted by molar-refractivity contribution is 0.0697. The van der Waals surface area contributed by atoms with Crippen molar-refractivity contribution < 1.29 is 14.6 Å². The van der Waals surface area contributed by atoms with Crippen LogP contribution >= 0.6 is 0 Å². The van der Waals surface area contributed by atoms with Gasteiger partial charge in [-0.2, -0.15) is 0 Å². The van der Waals surface area contributed by atoms with Crippen LogP contribution in [0.25, 0.3) is 11.1 Å². The van der Waals surface area contributed by atoms with E-state index in [1.165, 1.54) is 70.6 Å². The van der Waals surface area contributed by atoms with Crippen LogP contribution in [0.3, 0.4) is 0 Å². The Bertz CT molecular complexity index is 721. The number of carboxylic acid groups (broad SMARTS) is 1. The Hall–Kier alpha value is -2.29. The van der Waals surface area contributed by atoms with Crippen molar-refractivity contribution in [3.63, 3.8) is 0 Å². The maximum absolute atomic E-state index is 11.4. The minimum Gasteiger partial charge on any atom is -0.494 e. The summed E-state index contributed by atoms with van der Waals surface area (Å²) < 4.78 is 5.85. The van der Waals surface area contributed by atoms with E-state index in [4.69, 9.17) is 4.74 Å². The number of benzene rings is 2. The molecule has 0 saturated carbocycles. The van der Waals surface area contributed by atoms with Crippen LogP contribution in [0.15, 0.2) is 48.5 Å². The van der Waals surface area contributed by atoms with Crippen LogP contribution in [-0.4, -0.2) is 17.7 Å². The summed E-state index contributed by atoms with van der Waals surface area (Å²) in [4.78, 5) is 11.4. The van der Waals surface area contributed by atoms with Crippen molar-refractivity contribution in [3.05, 3.63) is 54.1 Å². The Labute approximate surface area is 182 Å². The molecule has 0 saturated heterocycles. The van der Waals surface area contributed by atoms with Gasteiger partial charge in [-0.05, 0) is 35.7 Å². The van der Waals surface area contributed by atoms with Gasteiger partial charge >= 0.3 is 5.97 Å². The standard InChI is InChI=1S/C27H38O3/c1-2-3-4-5-6-7-8-9-10-11-12-15-22-30-24-20-18-23(19-21-24)25-16-13-14-17-26(25)27(28)29/h13-14,16-21H,2-12,15,22H2,1H3,(H,28,29). The van der Waals surface area contributed by atoms with Crippen LogP contribution in [0.1, 0.15) is 94.3 Å². The average molecular weight is 411 g/mol. The van der Waals surface area contributed by atoms with Gasteiger partial charge in [0, 0.05) is 0 Å². The smallest absolute Gasteiger partial charge is 0.336 e. The van der Waals surface area contributed by atoms with Crippen LogP contribution in [-0.2, 0) is 0 Å². The molecule has 0 bridgehead atoms. The largest absolute Gasteiger partial charge is 0.494 e. The van der Waals surface area contributed by atoms with Crippen molar-refractivity contribution in [1.29, 1.82) is 0 Å². The van der Waals surface area contributed by atoms with Gasteiger partial charge < -0.3 is 9.84 Å². The zero-order valence-electron chi connectivity index (χ0n) is 18.6. The van der Waals surface area contributed by atoms with E-state index in [-0.39, 0.29) is 0 Å². The van der Waals surface area contributed by atoms with Crippen molar-refractivity contribution >= 4 is 5.97 Å². The zero-order valence-corrected chi connectivity index (χ0v) is 18.6. The van der Waals surface area contributed by atoms with Crippen molar-refractivity contribution in [1.82, 2.24) is 0 Å². The molecule has 0 fully saturated rings. The number of ether oxygens (including phenoxy) is 1. The average Bonchev–Trinajstić information content (AvgIpc) is 2.77. The summed E-state index contributed by atoms with van der Waals surface area (Å²) in [5.41, 5.74) is 1.95. The van der Waals surface area contributed by atoms with Gasteiger partial charge in [0.1, 0.15) is 5.75 Å². The highest BCUT2D eigenvalue weighted by molar-refractivity contribution is 5.96. The Balaban J connectivity index is 1.56. The molecule has 0 spiro atoms. The first-order chi connectivity index (χ1) is 14.7. The van der Waals surface area contributed by atoms with Crippen LogP contribution in [0.2, 0.25) is 0 Å². The highest BCUT2D eigenvalue weighted by atomic mass is 16.5. The number of hydrogen-bond donors (Lipinski definition) is 1. The molecule has 2 aromatic rings. The molecule has 1 N–H and O–H groups in total. The lowest BCUT2D eigenvalue weighted by Crippen LogP contribution is -1.99. The number of unbranched alkanes of at least 4 members (excludes halogenated alkanes) is 11. The minimum absolute atomic E-state index is 0.322.